The van der Waals surface area contributed by atoms with Crippen molar-refractivity contribution in [2.75, 3.05) is 27.9 Å². The molecule has 3 rings (SSSR count). The third-order valence-corrected chi connectivity index (χ3v) is 5.47. The van der Waals surface area contributed by atoms with Crippen LogP contribution < -0.4 is 24.8 Å². The molecule has 1 aromatic heterocycles. The maximum absolute atomic E-state index is 12.7. The van der Waals surface area contributed by atoms with E-state index in [1.165, 1.54) is 32.2 Å². The standard InChI is InChI=1S/C25H28N6O5/c1-5-16-6-8-17(9-7-16)19(14-26)28-25(33)20-15-31(30-29-20)13-12-27-24(32)18-10-11-21(34-2)23(36-4)22(18)35-3/h6-11,15,19H,5,12-13H2,1-4H3,(H,27,32)(H,28,33)/t19-/m1/s1. The highest BCUT2D eigenvalue weighted by atomic mass is 16.5. The lowest BCUT2D eigenvalue weighted by molar-refractivity contribution is 0.0934. The third-order valence-electron chi connectivity index (χ3n) is 5.47. The molecule has 11 nitrogen and oxygen atoms in total. The highest BCUT2D eigenvalue weighted by Crippen LogP contribution is 2.39. The molecule has 1 heterocycles. The van der Waals surface area contributed by atoms with Crippen LogP contribution in [0.2, 0.25) is 0 Å². The fourth-order valence-electron chi connectivity index (χ4n) is 3.51. The van der Waals surface area contributed by atoms with E-state index in [0.29, 0.717) is 17.1 Å². The summed E-state index contributed by atoms with van der Waals surface area (Å²) in [4.78, 5) is 25.3. The number of aryl methyl sites for hydroxylation is 1. The van der Waals surface area contributed by atoms with Crippen molar-refractivity contribution in [3.63, 3.8) is 0 Å². The SMILES string of the molecule is CCc1ccc([C@@H](C#N)NC(=O)c2cn(CCNC(=O)c3ccc(OC)c(OC)c3OC)nn2)cc1. The largest absolute Gasteiger partial charge is 0.493 e. The summed E-state index contributed by atoms with van der Waals surface area (Å²) in [5.41, 5.74) is 2.17. The van der Waals surface area contributed by atoms with Crippen LogP contribution in [-0.4, -0.2) is 54.7 Å². The van der Waals surface area contributed by atoms with Crippen molar-refractivity contribution in [3.8, 4) is 23.3 Å². The second kappa shape index (κ2) is 12.2. The Hall–Kier alpha value is -4.59. The first-order valence-corrected chi connectivity index (χ1v) is 11.2. The van der Waals surface area contributed by atoms with E-state index in [1.54, 1.807) is 12.1 Å². The van der Waals surface area contributed by atoms with Gasteiger partial charge in [-0.15, -0.1) is 5.10 Å². The molecule has 0 aliphatic carbocycles. The first-order chi connectivity index (χ1) is 17.4. The van der Waals surface area contributed by atoms with Crippen LogP contribution in [0.1, 0.15) is 44.9 Å². The zero-order valence-electron chi connectivity index (χ0n) is 20.6. The molecule has 188 valence electrons. The first kappa shape index (κ1) is 26.0. The van der Waals surface area contributed by atoms with Gasteiger partial charge in [-0.1, -0.05) is 36.4 Å². The van der Waals surface area contributed by atoms with Crippen molar-refractivity contribution in [2.24, 2.45) is 0 Å². The highest BCUT2D eigenvalue weighted by molar-refractivity contribution is 5.98. The highest BCUT2D eigenvalue weighted by Gasteiger charge is 2.21. The van der Waals surface area contributed by atoms with E-state index in [0.717, 1.165) is 12.0 Å². The van der Waals surface area contributed by atoms with Gasteiger partial charge in [0.25, 0.3) is 11.8 Å². The molecule has 0 aliphatic rings. The fraction of sp³-hybridized carbons (Fsp3) is 0.320. The predicted octanol–water partition coefficient (Wildman–Crippen LogP) is 2.29. The van der Waals surface area contributed by atoms with Gasteiger partial charge in [0.2, 0.25) is 5.75 Å². The number of amides is 2. The number of methoxy groups -OCH3 is 3. The molecule has 2 aromatic carbocycles. The third kappa shape index (κ3) is 5.90. The molecular formula is C25H28N6O5. The molecule has 2 N–H and O–H groups in total. The van der Waals surface area contributed by atoms with Crippen LogP contribution in [0.15, 0.2) is 42.6 Å². The number of aromatic nitrogens is 3. The van der Waals surface area contributed by atoms with Crippen LogP contribution in [0, 0.1) is 11.3 Å². The molecule has 11 heteroatoms. The summed E-state index contributed by atoms with van der Waals surface area (Å²) >= 11 is 0. The van der Waals surface area contributed by atoms with E-state index in [4.69, 9.17) is 14.2 Å². The Morgan fingerprint density at radius 2 is 1.75 bits per heavy atom. The van der Waals surface area contributed by atoms with Gasteiger partial charge in [0.15, 0.2) is 17.2 Å². The quantitative estimate of drug-likeness (QED) is 0.415. The number of ether oxygens (including phenoxy) is 3. The summed E-state index contributed by atoms with van der Waals surface area (Å²) in [5, 5.41) is 22.7. The predicted molar refractivity (Wildman–Crippen MR) is 130 cm³/mol. The van der Waals surface area contributed by atoms with Gasteiger partial charge in [-0.3, -0.25) is 9.59 Å². The van der Waals surface area contributed by atoms with Gasteiger partial charge in [-0.25, -0.2) is 4.68 Å². The summed E-state index contributed by atoms with van der Waals surface area (Å²) in [7, 11) is 4.39. The van der Waals surface area contributed by atoms with Crippen LogP contribution >= 0.6 is 0 Å². The average molecular weight is 493 g/mol. The van der Waals surface area contributed by atoms with Crippen molar-refractivity contribution < 1.29 is 23.8 Å². The summed E-state index contributed by atoms with van der Waals surface area (Å²) in [6, 6.07) is 12.0. The van der Waals surface area contributed by atoms with Gasteiger partial charge in [-0.05, 0) is 29.7 Å². The normalized spacial score (nSPS) is 11.2. The summed E-state index contributed by atoms with van der Waals surface area (Å²) in [6.07, 6.45) is 2.34. The Bertz CT molecular complexity index is 1250. The van der Waals surface area contributed by atoms with Crippen LogP contribution in [0.4, 0.5) is 0 Å². The van der Waals surface area contributed by atoms with Crippen LogP contribution in [-0.2, 0) is 13.0 Å². The molecule has 0 aliphatic heterocycles. The minimum atomic E-state index is -0.815. The van der Waals surface area contributed by atoms with E-state index in [2.05, 4.69) is 27.0 Å². The number of rotatable bonds is 11. The second-order valence-corrected chi connectivity index (χ2v) is 7.64. The molecule has 2 amide bonds. The molecule has 0 saturated heterocycles. The fourth-order valence-corrected chi connectivity index (χ4v) is 3.51. The maximum Gasteiger partial charge on any atom is 0.274 e. The van der Waals surface area contributed by atoms with E-state index in [-0.39, 0.29) is 36.0 Å². The smallest absolute Gasteiger partial charge is 0.274 e. The topological polar surface area (TPSA) is 140 Å². The summed E-state index contributed by atoms with van der Waals surface area (Å²) in [5.74, 6) is 0.112. The summed E-state index contributed by atoms with van der Waals surface area (Å²) < 4.78 is 17.3. The molecule has 0 unspecified atom stereocenters. The zero-order chi connectivity index (χ0) is 26.1. The Labute approximate surface area is 209 Å². The van der Waals surface area contributed by atoms with Gasteiger partial charge in [0, 0.05) is 6.54 Å². The molecule has 0 radical (unpaired) electrons. The van der Waals surface area contributed by atoms with Crippen LogP contribution in [0.25, 0.3) is 0 Å². The zero-order valence-corrected chi connectivity index (χ0v) is 20.6. The Morgan fingerprint density at radius 1 is 1.03 bits per heavy atom. The molecule has 0 bridgehead atoms. The number of nitrogens with one attached hydrogen (secondary N) is 2. The van der Waals surface area contributed by atoms with E-state index in [1.807, 2.05) is 31.2 Å². The first-order valence-electron chi connectivity index (χ1n) is 11.2. The molecule has 1 atom stereocenters. The van der Waals surface area contributed by atoms with E-state index in [9.17, 15) is 14.9 Å². The molecule has 3 aromatic rings. The molecule has 0 saturated carbocycles. The van der Waals surface area contributed by atoms with Crippen LogP contribution in [0.5, 0.6) is 17.2 Å². The van der Waals surface area contributed by atoms with Crippen molar-refractivity contribution in [2.45, 2.75) is 25.9 Å². The summed E-state index contributed by atoms with van der Waals surface area (Å²) in [6.45, 7) is 2.52. The van der Waals surface area contributed by atoms with Crippen molar-refractivity contribution in [1.82, 2.24) is 25.6 Å². The second-order valence-electron chi connectivity index (χ2n) is 7.64. The van der Waals surface area contributed by atoms with E-state index >= 15 is 0 Å². The maximum atomic E-state index is 12.7. The van der Waals surface area contributed by atoms with Gasteiger partial charge < -0.3 is 24.8 Å². The van der Waals surface area contributed by atoms with E-state index < -0.39 is 11.9 Å². The Kier molecular flexibility index (Phi) is 8.83. The number of carbonyl (C=O) groups is 2. The lowest BCUT2D eigenvalue weighted by atomic mass is 10.0. The van der Waals surface area contributed by atoms with Crippen molar-refractivity contribution >= 4 is 11.8 Å². The number of carbonyl (C=O) groups excluding carboxylic acids is 2. The van der Waals surface area contributed by atoms with Crippen molar-refractivity contribution in [3.05, 3.63) is 65.0 Å². The van der Waals surface area contributed by atoms with Gasteiger partial charge in [-0.2, -0.15) is 5.26 Å². The number of benzene rings is 2. The Balaban J connectivity index is 1.58. The average Bonchev–Trinajstić information content (AvgIpc) is 3.39. The van der Waals surface area contributed by atoms with Crippen molar-refractivity contribution in [1.29, 1.82) is 5.26 Å². The molecule has 0 fully saturated rings. The number of hydrogen-bond acceptors (Lipinski definition) is 8. The van der Waals surface area contributed by atoms with Gasteiger partial charge in [0.1, 0.15) is 6.04 Å². The molecule has 36 heavy (non-hydrogen) atoms. The number of hydrogen-bond donors (Lipinski definition) is 2. The lowest BCUT2D eigenvalue weighted by Crippen LogP contribution is -2.28. The number of nitriles is 1. The number of nitrogens with zero attached hydrogens (tertiary/aromatic N) is 4. The molecule has 0 spiro atoms. The Morgan fingerprint density at radius 3 is 2.36 bits per heavy atom. The van der Waals surface area contributed by atoms with Crippen LogP contribution in [0.3, 0.4) is 0 Å². The monoisotopic (exact) mass is 492 g/mol. The molecular weight excluding hydrogens is 464 g/mol. The van der Waals surface area contributed by atoms with Gasteiger partial charge >= 0.3 is 0 Å². The minimum absolute atomic E-state index is 0.0633. The van der Waals surface area contributed by atoms with Gasteiger partial charge in [0.05, 0.1) is 45.7 Å². The minimum Gasteiger partial charge on any atom is -0.493 e. The lowest BCUT2D eigenvalue weighted by Gasteiger charge is -2.15.